The summed E-state index contributed by atoms with van der Waals surface area (Å²) in [6, 6.07) is 8.98. The first-order valence-electron chi connectivity index (χ1n) is 7.30. The Hall–Kier alpha value is -3.42. The average molecular weight is 344 g/mol. The maximum atomic E-state index is 11.9. The maximum Gasteiger partial charge on any atom is 0.374 e. The van der Waals surface area contributed by atoms with Gasteiger partial charge in [-0.2, -0.15) is 0 Å². The zero-order chi connectivity index (χ0) is 18.4. The van der Waals surface area contributed by atoms with Gasteiger partial charge in [-0.25, -0.2) is 9.59 Å². The van der Waals surface area contributed by atoms with E-state index in [4.69, 9.17) is 9.15 Å². The quantitative estimate of drug-likeness (QED) is 0.631. The molecule has 8 heteroatoms. The van der Waals surface area contributed by atoms with Gasteiger partial charge < -0.3 is 14.5 Å². The predicted octanol–water partition coefficient (Wildman–Crippen LogP) is 1.76. The molecule has 0 aliphatic heterocycles. The molecule has 0 fully saturated rings. The first kappa shape index (κ1) is 17.9. The largest absolute Gasteiger partial charge is 0.450 e. The zero-order valence-electron chi connectivity index (χ0n) is 13.6. The van der Waals surface area contributed by atoms with Gasteiger partial charge in [0.05, 0.1) is 0 Å². The van der Waals surface area contributed by atoms with Gasteiger partial charge in [0.1, 0.15) is 5.76 Å². The summed E-state index contributed by atoms with van der Waals surface area (Å²) in [5.74, 6) is -1.32. The van der Waals surface area contributed by atoms with E-state index in [2.05, 4.69) is 5.32 Å². The third-order valence-corrected chi connectivity index (χ3v) is 3.20. The number of rotatable bonds is 5. The van der Waals surface area contributed by atoms with E-state index in [1.807, 2.05) is 5.32 Å². The second-order valence-corrected chi connectivity index (χ2v) is 5.00. The third-order valence-electron chi connectivity index (χ3n) is 3.20. The summed E-state index contributed by atoms with van der Waals surface area (Å²) < 4.78 is 10.2. The minimum Gasteiger partial charge on any atom is -0.450 e. The molecule has 0 saturated heterocycles. The van der Waals surface area contributed by atoms with Crippen LogP contribution < -0.4 is 10.6 Å². The third kappa shape index (κ3) is 4.77. The number of carbonyl (C=O) groups excluding carboxylic acids is 4. The van der Waals surface area contributed by atoms with E-state index >= 15 is 0 Å². The van der Waals surface area contributed by atoms with Crippen LogP contribution in [-0.4, -0.2) is 37.3 Å². The summed E-state index contributed by atoms with van der Waals surface area (Å²) in [5, 5.41) is 4.15. The molecule has 1 aromatic carbocycles. The fraction of sp³-hybridized carbons (Fsp3) is 0.176. The molecule has 0 radical (unpaired) electrons. The molecule has 0 atom stereocenters. The number of furan rings is 1. The Bertz CT molecular complexity index is 807. The second-order valence-electron chi connectivity index (χ2n) is 5.00. The van der Waals surface area contributed by atoms with Crippen LogP contribution in [0, 0.1) is 0 Å². The molecule has 0 aliphatic carbocycles. The van der Waals surface area contributed by atoms with Gasteiger partial charge in [-0.3, -0.25) is 14.9 Å². The highest BCUT2D eigenvalue weighted by Gasteiger charge is 2.16. The summed E-state index contributed by atoms with van der Waals surface area (Å²) in [5.41, 5.74) is 1.25. The SMILES string of the molecule is CNC(=O)NC(=O)COC(=O)c1ccc(-c2ccc(C(C)=O)cc2)o1. The maximum absolute atomic E-state index is 11.9. The predicted molar refractivity (Wildman–Crippen MR) is 87.0 cm³/mol. The molecule has 2 aromatic rings. The Morgan fingerprint density at radius 1 is 1.04 bits per heavy atom. The summed E-state index contributed by atoms with van der Waals surface area (Å²) in [4.78, 5) is 45.4. The van der Waals surface area contributed by atoms with E-state index < -0.39 is 24.5 Å². The number of ether oxygens (including phenoxy) is 1. The number of benzene rings is 1. The molecule has 130 valence electrons. The Kier molecular flexibility index (Phi) is 5.67. The van der Waals surface area contributed by atoms with Gasteiger partial charge in [-0.1, -0.05) is 24.3 Å². The molecule has 0 bridgehead atoms. The van der Waals surface area contributed by atoms with Crippen LogP contribution in [-0.2, 0) is 9.53 Å². The summed E-state index contributed by atoms with van der Waals surface area (Å²) in [6.07, 6.45) is 0. The van der Waals surface area contributed by atoms with Crippen molar-refractivity contribution in [3.8, 4) is 11.3 Å². The Morgan fingerprint density at radius 2 is 1.72 bits per heavy atom. The van der Waals surface area contributed by atoms with Crippen molar-refractivity contribution in [2.24, 2.45) is 0 Å². The topological polar surface area (TPSA) is 115 Å². The average Bonchev–Trinajstić information content (AvgIpc) is 3.09. The van der Waals surface area contributed by atoms with Crippen LogP contribution in [0.3, 0.4) is 0 Å². The van der Waals surface area contributed by atoms with Crippen LogP contribution in [0.4, 0.5) is 4.79 Å². The molecule has 0 unspecified atom stereocenters. The smallest absolute Gasteiger partial charge is 0.374 e. The van der Waals surface area contributed by atoms with Crippen LogP contribution in [0.15, 0.2) is 40.8 Å². The van der Waals surface area contributed by atoms with Crippen molar-refractivity contribution in [2.75, 3.05) is 13.7 Å². The van der Waals surface area contributed by atoms with E-state index in [1.165, 1.54) is 20.0 Å². The molecule has 1 aromatic heterocycles. The van der Waals surface area contributed by atoms with E-state index in [0.717, 1.165) is 0 Å². The lowest BCUT2D eigenvalue weighted by Gasteiger charge is -2.04. The number of esters is 1. The molecular formula is C17H16N2O6. The van der Waals surface area contributed by atoms with Crippen molar-refractivity contribution >= 4 is 23.7 Å². The zero-order valence-corrected chi connectivity index (χ0v) is 13.6. The van der Waals surface area contributed by atoms with E-state index in [1.54, 1.807) is 30.3 Å². The lowest BCUT2D eigenvalue weighted by atomic mass is 10.1. The molecule has 2 N–H and O–H groups in total. The van der Waals surface area contributed by atoms with Crippen molar-refractivity contribution in [3.05, 3.63) is 47.7 Å². The summed E-state index contributed by atoms with van der Waals surface area (Å²) >= 11 is 0. The molecule has 25 heavy (non-hydrogen) atoms. The summed E-state index contributed by atoms with van der Waals surface area (Å²) in [6.45, 7) is 0.853. The standard InChI is InChI=1S/C17H16N2O6/c1-10(20)11-3-5-12(6-4-11)13-7-8-14(25-13)16(22)24-9-15(21)19-17(23)18-2/h3-8H,9H2,1-2H3,(H2,18,19,21,23). The molecule has 0 aliphatic rings. The minimum atomic E-state index is -0.835. The first-order valence-corrected chi connectivity index (χ1v) is 7.30. The second kappa shape index (κ2) is 7.91. The Morgan fingerprint density at radius 3 is 2.32 bits per heavy atom. The molecule has 1 heterocycles. The number of hydrogen-bond acceptors (Lipinski definition) is 6. The molecule has 2 rings (SSSR count). The van der Waals surface area contributed by atoms with Crippen molar-refractivity contribution in [1.82, 2.24) is 10.6 Å². The molecule has 0 spiro atoms. The summed E-state index contributed by atoms with van der Waals surface area (Å²) in [7, 11) is 1.35. The van der Waals surface area contributed by atoms with Gasteiger partial charge in [0.15, 0.2) is 12.4 Å². The van der Waals surface area contributed by atoms with Crippen LogP contribution in [0.1, 0.15) is 27.8 Å². The van der Waals surface area contributed by atoms with Gasteiger partial charge in [0, 0.05) is 18.2 Å². The van der Waals surface area contributed by atoms with E-state index in [0.29, 0.717) is 16.9 Å². The van der Waals surface area contributed by atoms with Crippen molar-refractivity contribution in [2.45, 2.75) is 6.92 Å². The number of carbonyl (C=O) groups is 4. The number of Topliss-reactive ketones (excluding diaryl/α,β-unsaturated/α-hetero) is 1. The van der Waals surface area contributed by atoms with Gasteiger partial charge in [0.2, 0.25) is 5.76 Å². The number of urea groups is 1. The minimum absolute atomic E-state index is 0.0507. The van der Waals surface area contributed by atoms with Gasteiger partial charge in [-0.05, 0) is 19.1 Å². The van der Waals surface area contributed by atoms with Gasteiger partial charge >= 0.3 is 12.0 Å². The highest BCUT2D eigenvalue weighted by Crippen LogP contribution is 2.23. The molecular weight excluding hydrogens is 328 g/mol. The van der Waals surface area contributed by atoms with Crippen LogP contribution in [0.25, 0.3) is 11.3 Å². The van der Waals surface area contributed by atoms with Crippen molar-refractivity contribution < 1.29 is 28.3 Å². The number of nitrogens with one attached hydrogen (secondary N) is 2. The van der Waals surface area contributed by atoms with E-state index in [-0.39, 0.29) is 11.5 Å². The van der Waals surface area contributed by atoms with Gasteiger partial charge in [0.25, 0.3) is 5.91 Å². The Balaban J connectivity index is 1.98. The normalized spacial score (nSPS) is 10.0. The van der Waals surface area contributed by atoms with Crippen molar-refractivity contribution in [3.63, 3.8) is 0 Å². The Labute approximate surface area is 143 Å². The fourth-order valence-corrected chi connectivity index (χ4v) is 1.90. The fourth-order valence-electron chi connectivity index (χ4n) is 1.90. The van der Waals surface area contributed by atoms with Crippen molar-refractivity contribution in [1.29, 1.82) is 0 Å². The first-order chi connectivity index (χ1) is 11.9. The molecule has 0 saturated carbocycles. The highest BCUT2D eigenvalue weighted by molar-refractivity contribution is 5.96. The number of ketones is 1. The van der Waals surface area contributed by atoms with Gasteiger partial charge in [-0.15, -0.1) is 0 Å². The molecule has 3 amide bonds. The van der Waals surface area contributed by atoms with Crippen LogP contribution in [0.5, 0.6) is 0 Å². The lowest BCUT2D eigenvalue weighted by molar-refractivity contribution is -0.123. The molecule has 8 nitrogen and oxygen atoms in total. The van der Waals surface area contributed by atoms with Crippen LogP contribution >= 0.6 is 0 Å². The highest BCUT2D eigenvalue weighted by atomic mass is 16.5. The number of hydrogen-bond donors (Lipinski definition) is 2. The lowest BCUT2D eigenvalue weighted by Crippen LogP contribution is -2.39. The van der Waals surface area contributed by atoms with Crippen LogP contribution in [0.2, 0.25) is 0 Å². The monoisotopic (exact) mass is 344 g/mol. The number of amides is 3. The number of imide groups is 1. The van der Waals surface area contributed by atoms with E-state index in [9.17, 15) is 19.2 Å².